The summed E-state index contributed by atoms with van der Waals surface area (Å²) in [7, 11) is 0. The lowest BCUT2D eigenvalue weighted by molar-refractivity contribution is 0.102. The highest BCUT2D eigenvalue weighted by atomic mass is 19.1. The summed E-state index contributed by atoms with van der Waals surface area (Å²) in [5, 5.41) is 12.1. The molecule has 0 spiro atoms. The first-order valence-electron chi connectivity index (χ1n) is 5.64. The molecule has 0 bridgehead atoms. The highest BCUT2D eigenvalue weighted by molar-refractivity contribution is 6.07. The zero-order chi connectivity index (χ0) is 14.0. The molecule has 0 aliphatic carbocycles. The van der Waals surface area contributed by atoms with Gasteiger partial charge in [0.05, 0.1) is 16.9 Å². The van der Waals surface area contributed by atoms with Crippen molar-refractivity contribution >= 4 is 17.3 Å². The second kappa shape index (κ2) is 4.97. The van der Waals surface area contributed by atoms with E-state index in [0.29, 0.717) is 11.4 Å². The van der Waals surface area contributed by atoms with Crippen LogP contribution in [0, 0.1) is 12.7 Å². The Morgan fingerprint density at radius 3 is 2.74 bits per heavy atom. The second-order valence-corrected chi connectivity index (χ2v) is 4.15. The molecular weight excluding hydrogens is 247 g/mol. The minimum atomic E-state index is -0.613. The van der Waals surface area contributed by atoms with Crippen LogP contribution in [0.25, 0.3) is 0 Å². The second-order valence-electron chi connectivity index (χ2n) is 4.15. The molecule has 1 amide bonds. The first-order valence-corrected chi connectivity index (χ1v) is 5.64. The predicted octanol–water partition coefficient (Wildman–Crippen LogP) is 2.67. The van der Waals surface area contributed by atoms with E-state index in [0.717, 1.165) is 23.8 Å². The molecule has 0 aromatic heterocycles. The minimum absolute atomic E-state index is 0.136. The van der Waals surface area contributed by atoms with Gasteiger partial charge in [-0.2, -0.15) is 0 Å². The highest BCUT2D eigenvalue weighted by Crippen LogP contribution is 2.25. The number of anilines is 2. The Balaban J connectivity index is 2.34. The molecule has 0 fully saturated rings. The lowest BCUT2D eigenvalue weighted by Gasteiger charge is -2.11. The molecule has 0 radical (unpaired) electrons. The Morgan fingerprint density at radius 1 is 1.32 bits per heavy atom. The number of nitrogens with two attached hydrogens (primary N) is 1. The van der Waals surface area contributed by atoms with Crippen LogP contribution in [0.2, 0.25) is 0 Å². The monoisotopic (exact) mass is 260 g/mol. The molecule has 0 saturated heterocycles. The molecule has 0 aliphatic heterocycles. The van der Waals surface area contributed by atoms with Crippen LogP contribution >= 0.6 is 0 Å². The molecule has 98 valence electrons. The number of carbonyl (C=O) groups excluding carboxylic acids is 1. The number of hydrogen-bond acceptors (Lipinski definition) is 3. The Hall–Kier alpha value is -2.56. The van der Waals surface area contributed by atoms with E-state index in [2.05, 4.69) is 5.32 Å². The number of para-hydroxylation sites is 1. The van der Waals surface area contributed by atoms with E-state index < -0.39 is 11.7 Å². The number of phenolic OH excluding ortho intramolecular Hbond substituents is 1. The summed E-state index contributed by atoms with van der Waals surface area (Å²) >= 11 is 0. The molecule has 5 heteroatoms. The Kier molecular flexibility index (Phi) is 3.37. The number of aryl methyl sites for hydroxylation is 1. The van der Waals surface area contributed by atoms with Gasteiger partial charge in [0.2, 0.25) is 0 Å². The number of carbonyl (C=O) groups is 1. The van der Waals surface area contributed by atoms with Crippen LogP contribution in [0.4, 0.5) is 15.8 Å². The maximum absolute atomic E-state index is 13.1. The maximum Gasteiger partial charge on any atom is 0.259 e. The van der Waals surface area contributed by atoms with Crippen molar-refractivity contribution in [3.63, 3.8) is 0 Å². The summed E-state index contributed by atoms with van der Waals surface area (Å²) in [5.74, 6) is -1.50. The van der Waals surface area contributed by atoms with Crippen LogP contribution in [0.15, 0.2) is 36.4 Å². The number of amides is 1. The van der Waals surface area contributed by atoms with Crippen molar-refractivity contribution in [3.05, 3.63) is 53.3 Å². The van der Waals surface area contributed by atoms with E-state index in [1.165, 1.54) is 0 Å². The summed E-state index contributed by atoms with van der Waals surface area (Å²) in [4.78, 5) is 12.0. The largest absolute Gasteiger partial charge is 0.507 e. The zero-order valence-electron chi connectivity index (χ0n) is 10.3. The molecule has 2 aromatic rings. The number of aromatic hydroxyl groups is 1. The van der Waals surface area contributed by atoms with Gasteiger partial charge < -0.3 is 16.2 Å². The van der Waals surface area contributed by atoms with Gasteiger partial charge in [-0.15, -0.1) is 0 Å². The van der Waals surface area contributed by atoms with Gasteiger partial charge in [-0.25, -0.2) is 4.39 Å². The molecule has 4 N–H and O–H groups in total. The number of rotatable bonds is 2. The van der Waals surface area contributed by atoms with E-state index in [9.17, 15) is 14.3 Å². The summed E-state index contributed by atoms with van der Waals surface area (Å²) in [6, 6.07) is 8.38. The van der Waals surface area contributed by atoms with Gasteiger partial charge in [0, 0.05) is 0 Å². The van der Waals surface area contributed by atoms with Crippen molar-refractivity contribution in [2.75, 3.05) is 11.1 Å². The SMILES string of the molecule is Cc1cccc(N)c1NC(=O)c1cc(F)ccc1O. The molecule has 2 rings (SSSR count). The number of benzene rings is 2. The molecule has 19 heavy (non-hydrogen) atoms. The number of phenols is 1. The third kappa shape index (κ3) is 2.65. The number of halogens is 1. The summed E-state index contributed by atoms with van der Waals surface area (Å²) < 4.78 is 13.1. The number of nitrogen functional groups attached to an aromatic ring is 1. The van der Waals surface area contributed by atoms with E-state index in [1.807, 2.05) is 0 Å². The predicted molar refractivity (Wildman–Crippen MR) is 71.6 cm³/mol. The molecule has 0 unspecified atom stereocenters. The normalized spacial score (nSPS) is 10.2. The quantitative estimate of drug-likeness (QED) is 0.727. The topological polar surface area (TPSA) is 75.3 Å². The van der Waals surface area contributed by atoms with Crippen molar-refractivity contribution in [2.24, 2.45) is 0 Å². The van der Waals surface area contributed by atoms with Gasteiger partial charge in [-0.05, 0) is 36.8 Å². The van der Waals surface area contributed by atoms with Gasteiger partial charge >= 0.3 is 0 Å². The van der Waals surface area contributed by atoms with E-state index in [-0.39, 0.29) is 11.3 Å². The highest BCUT2D eigenvalue weighted by Gasteiger charge is 2.14. The summed E-state index contributed by atoms with van der Waals surface area (Å²) in [6.45, 7) is 1.79. The standard InChI is InChI=1S/C14H13FN2O2/c1-8-3-2-4-11(16)13(8)17-14(19)10-7-9(15)5-6-12(10)18/h2-7,18H,16H2,1H3,(H,17,19). The molecule has 4 nitrogen and oxygen atoms in total. The fourth-order valence-corrected chi connectivity index (χ4v) is 1.73. The summed E-state index contributed by atoms with van der Waals surface area (Å²) in [6.07, 6.45) is 0. The molecule has 0 atom stereocenters. The lowest BCUT2D eigenvalue weighted by atomic mass is 10.1. The lowest BCUT2D eigenvalue weighted by Crippen LogP contribution is -2.14. The average Bonchev–Trinajstić information content (AvgIpc) is 2.37. The van der Waals surface area contributed by atoms with Crippen molar-refractivity contribution < 1.29 is 14.3 Å². The maximum atomic E-state index is 13.1. The third-order valence-electron chi connectivity index (χ3n) is 2.75. The Labute approximate surface area is 109 Å². The minimum Gasteiger partial charge on any atom is -0.507 e. The van der Waals surface area contributed by atoms with Crippen LogP contribution in [0.3, 0.4) is 0 Å². The molecule has 0 heterocycles. The Bertz CT molecular complexity index is 621. The van der Waals surface area contributed by atoms with Crippen LogP contribution in [0.5, 0.6) is 5.75 Å². The number of nitrogens with one attached hydrogen (secondary N) is 1. The van der Waals surface area contributed by atoms with Crippen LogP contribution in [-0.4, -0.2) is 11.0 Å². The smallest absolute Gasteiger partial charge is 0.259 e. The van der Waals surface area contributed by atoms with E-state index in [4.69, 9.17) is 5.73 Å². The fourth-order valence-electron chi connectivity index (χ4n) is 1.73. The third-order valence-corrected chi connectivity index (χ3v) is 2.75. The fraction of sp³-hybridized carbons (Fsp3) is 0.0714. The van der Waals surface area contributed by atoms with Crippen molar-refractivity contribution in [1.82, 2.24) is 0 Å². The van der Waals surface area contributed by atoms with Gasteiger partial charge in [0.15, 0.2) is 0 Å². The van der Waals surface area contributed by atoms with Gasteiger partial charge in [0.25, 0.3) is 5.91 Å². The van der Waals surface area contributed by atoms with E-state index >= 15 is 0 Å². The molecular formula is C14H13FN2O2. The van der Waals surface area contributed by atoms with Crippen molar-refractivity contribution in [3.8, 4) is 5.75 Å². The zero-order valence-corrected chi connectivity index (χ0v) is 10.3. The molecule has 0 saturated carbocycles. The van der Waals surface area contributed by atoms with Crippen molar-refractivity contribution in [1.29, 1.82) is 0 Å². The number of hydrogen-bond donors (Lipinski definition) is 3. The first-order chi connectivity index (χ1) is 8.99. The van der Waals surface area contributed by atoms with Gasteiger partial charge in [0.1, 0.15) is 11.6 Å². The molecule has 2 aromatic carbocycles. The molecule has 0 aliphatic rings. The van der Waals surface area contributed by atoms with Crippen LogP contribution < -0.4 is 11.1 Å². The van der Waals surface area contributed by atoms with E-state index in [1.54, 1.807) is 25.1 Å². The van der Waals surface area contributed by atoms with Crippen LogP contribution in [-0.2, 0) is 0 Å². The van der Waals surface area contributed by atoms with Gasteiger partial charge in [-0.3, -0.25) is 4.79 Å². The average molecular weight is 260 g/mol. The first kappa shape index (κ1) is 12.9. The van der Waals surface area contributed by atoms with Crippen LogP contribution in [0.1, 0.15) is 15.9 Å². The van der Waals surface area contributed by atoms with Gasteiger partial charge in [-0.1, -0.05) is 12.1 Å². The Morgan fingerprint density at radius 2 is 2.05 bits per heavy atom. The summed E-state index contributed by atoms with van der Waals surface area (Å²) in [5.41, 5.74) is 7.27. The van der Waals surface area contributed by atoms with Crippen molar-refractivity contribution in [2.45, 2.75) is 6.92 Å².